The van der Waals surface area contributed by atoms with Crippen LogP contribution in [0.4, 0.5) is 0 Å². The zero-order chi connectivity index (χ0) is 14.2. The molecule has 106 valence electrons. The quantitative estimate of drug-likeness (QED) is 0.749. The minimum absolute atomic E-state index is 0.636. The van der Waals surface area contributed by atoms with Gasteiger partial charge in [-0.1, -0.05) is 6.92 Å². The minimum atomic E-state index is 0.636. The molecule has 0 aromatic carbocycles. The predicted molar refractivity (Wildman–Crippen MR) is 81.2 cm³/mol. The van der Waals surface area contributed by atoms with Crippen LogP contribution in [0.3, 0.4) is 0 Å². The van der Waals surface area contributed by atoms with E-state index in [1.165, 1.54) is 10.9 Å². The van der Waals surface area contributed by atoms with Crippen molar-refractivity contribution in [1.29, 1.82) is 5.26 Å². The summed E-state index contributed by atoms with van der Waals surface area (Å²) in [6, 6.07) is 6.32. The number of hydrogen-bond donors (Lipinski definition) is 1. The van der Waals surface area contributed by atoms with E-state index in [2.05, 4.69) is 40.1 Å². The van der Waals surface area contributed by atoms with Crippen LogP contribution in [0.1, 0.15) is 38.2 Å². The lowest BCUT2D eigenvalue weighted by molar-refractivity contribution is 0.623. The Morgan fingerprint density at radius 2 is 2.30 bits per heavy atom. The summed E-state index contributed by atoms with van der Waals surface area (Å²) in [5.74, 6) is 0. The summed E-state index contributed by atoms with van der Waals surface area (Å²) in [5.41, 5.74) is 2.36. The molecule has 0 spiro atoms. The van der Waals surface area contributed by atoms with Gasteiger partial charge in [-0.05, 0) is 43.5 Å². The van der Waals surface area contributed by atoms with Gasteiger partial charge in [-0.3, -0.25) is 0 Å². The van der Waals surface area contributed by atoms with E-state index in [0.29, 0.717) is 6.42 Å². The second-order valence-electron chi connectivity index (χ2n) is 5.01. The third-order valence-electron chi connectivity index (χ3n) is 3.40. The van der Waals surface area contributed by atoms with Gasteiger partial charge in [0, 0.05) is 37.3 Å². The van der Waals surface area contributed by atoms with Crippen molar-refractivity contribution in [1.82, 2.24) is 14.9 Å². The Hall–Kier alpha value is -1.86. The Balaban J connectivity index is 2.11. The summed E-state index contributed by atoms with van der Waals surface area (Å²) in [7, 11) is 0. The lowest BCUT2D eigenvalue weighted by atomic mass is 10.2. The number of fused-ring (bicyclic) bond motifs is 1. The number of unbranched alkanes of at least 4 members (excludes halogenated alkanes) is 2. The van der Waals surface area contributed by atoms with Crippen LogP contribution in [0.2, 0.25) is 0 Å². The van der Waals surface area contributed by atoms with Crippen LogP contribution < -0.4 is 5.32 Å². The van der Waals surface area contributed by atoms with Crippen molar-refractivity contribution in [3.8, 4) is 6.07 Å². The smallest absolute Gasteiger partial charge is 0.140 e. The van der Waals surface area contributed by atoms with Crippen LogP contribution in [0.15, 0.2) is 24.5 Å². The van der Waals surface area contributed by atoms with Crippen LogP contribution in [0.25, 0.3) is 11.0 Å². The fraction of sp³-hybridized carbons (Fsp3) is 0.500. The molecule has 1 N–H and O–H groups in total. The van der Waals surface area contributed by atoms with Gasteiger partial charge in [0.25, 0.3) is 0 Å². The molecule has 0 bridgehead atoms. The van der Waals surface area contributed by atoms with Crippen LogP contribution >= 0.6 is 0 Å². The van der Waals surface area contributed by atoms with Crippen molar-refractivity contribution in [2.75, 3.05) is 6.54 Å². The van der Waals surface area contributed by atoms with E-state index in [0.717, 1.165) is 44.5 Å². The molecule has 0 saturated heterocycles. The normalized spacial score (nSPS) is 10.8. The van der Waals surface area contributed by atoms with Crippen LogP contribution in [0.5, 0.6) is 0 Å². The first-order valence-corrected chi connectivity index (χ1v) is 7.37. The van der Waals surface area contributed by atoms with Gasteiger partial charge in [-0.25, -0.2) is 4.98 Å². The number of nitrogens with one attached hydrogen (secondary N) is 1. The molecule has 0 radical (unpaired) electrons. The molecule has 2 heterocycles. The summed E-state index contributed by atoms with van der Waals surface area (Å²) >= 11 is 0. The number of nitrogens with zero attached hydrogens (tertiary/aromatic N) is 3. The van der Waals surface area contributed by atoms with Crippen molar-refractivity contribution >= 4 is 11.0 Å². The molecule has 0 aliphatic rings. The van der Waals surface area contributed by atoms with E-state index in [9.17, 15) is 0 Å². The van der Waals surface area contributed by atoms with Gasteiger partial charge in [-0.15, -0.1) is 0 Å². The number of rotatable bonds is 8. The molecule has 0 fully saturated rings. The topological polar surface area (TPSA) is 53.6 Å². The zero-order valence-electron chi connectivity index (χ0n) is 12.1. The number of pyridine rings is 1. The Kier molecular flexibility index (Phi) is 5.57. The Morgan fingerprint density at radius 1 is 1.40 bits per heavy atom. The largest absolute Gasteiger partial charge is 0.332 e. The van der Waals surface area contributed by atoms with Gasteiger partial charge < -0.3 is 9.88 Å². The third kappa shape index (κ3) is 3.58. The molecule has 2 rings (SSSR count). The number of nitriles is 1. The molecule has 0 unspecified atom stereocenters. The third-order valence-corrected chi connectivity index (χ3v) is 3.40. The molecule has 2 aromatic rings. The highest BCUT2D eigenvalue weighted by molar-refractivity contribution is 5.80. The molecule has 4 nitrogen and oxygen atoms in total. The lowest BCUT2D eigenvalue weighted by Crippen LogP contribution is -2.13. The second-order valence-corrected chi connectivity index (χ2v) is 5.01. The zero-order valence-corrected chi connectivity index (χ0v) is 12.1. The number of aromatic nitrogens is 2. The second kappa shape index (κ2) is 7.66. The SMILES string of the molecule is CCCNCc1cn(CCCCC#N)c2ncccc12. The molecule has 20 heavy (non-hydrogen) atoms. The van der Waals surface area contributed by atoms with Crippen molar-refractivity contribution in [3.63, 3.8) is 0 Å². The van der Waals surface area contributed by atoms with Gasteiger partial charge in [0.1, 0.15) is 5.65 Å². The van der Waals surface area contributed by atoms with Crippen molar-refractivity contribution < 1.29 is 0 Å². The van der Waals surface area contributed by atoms with Gasteiger partial charge in [0.15, 0.2) is 0 Å². The summed E-state index contributed by atoms with van der Waals surface area (Å²) in [6.07, 6.45) is 7.80. The first-order valence-electron chi connectivity index (χ1n) is 7.37. The first kappa shape index (κ1) is 14.5. The van der Waals surface area contributed by atoms with Crippen molar-refractivity contribution in [2.24, 2.45) is 0 Å². The first-order chi connectivity index (χ1) is 9.86. The highest BCUT2D eigenvalue weighted by atomic mass is 15.0. The van der Waals surface area contributed by atoms with Crippen LogP contribution in [-0.2, 0) is 13.1 Å². The van der Waals surface area contributed by atoms with Crippen LogP contribution in [0, 0.1) is 11.3 Å². The van der Waals surface area contributed by atoms with E-state index in [1.807, 2.05) is 12.3 Å². The fourth-order valence-electron chi connectivity index (χ4n) is 2.39. The molecule has 0 aliphatic heterocycles. The molecule has 0 aliphatic carbocycles. The van der Waals surface area contributed by atoms with Crippen molar-refractivity contribution in [2.45, 2.75) is 45.7 Å². The van der Waals surface area contributed by atoms with E-state index < -0.39 is 0 Å². The summed E-state index contributed by atoms with van der Waals surface area (Å²) in [5, 5.41) is 13.3. The highest BCUT2D eigenvalue weighted by Crippen LogP contribution is 2.20. The molecule has 0 amide bonds. The van der Waals surface area contributed by atoms with E-state index in [-0.39, 0.29) is 0 Å². The minimum Gasteiger partial charge on any atom is -0.332 e. The maximum Gasteiger partial charge on any atom is 0.140 e. The molecule has 2 aromatic heterocycles. The van der Waals surface area contributed by atoms with E-state index in [1.54, 1.807) is 0 Å². The van der Waals surface area contributed by atoms with E-state index in [4.69, 9.17) is 5.26 Å². The summed E-state index contributed by atoms with van der Waals surface area (Å²) < 4.78 is 2.22. The molecular formula is C16H22N4. The Bertz CT molecular complexity index is 580. The van der Waals surface area contributed by atoms with Gasteiger partial charge >= 0.3 is 0 Å². The molecule has 4 heteroatoms. The number of aryl methyl sites for hydroxylation is 1. The standard InChI is InChI=1S/C16H22N4/c1-2-9-18-12-14-13-20(11-5-3-4-8-17)16-15(14)7-6-10-19-16/h6-7,10,13,18H,2-5,9,11-12H2,1H3. The maximum atomic E-state index is 8.58. The van der Waals surface area contributed by atoms with Gasteiger partial charge in [0.05, 0.1) is 6.07 Å². The molecular weight excluding hydrogens is 248 g/mol. The number of hydrogen-bond acceptors (Lipinski definition) is 3. The fourth-order valence-corrected chi connectivity index (χ4v) is 2.39. The monoisotopic (exact) mass is 270 g/mol. The van der Waals surface area contributed by atoms with Crippen molar-refractivity contribution in [3.05, 3.63) is 30.1 Å². The van der Waals surface area contributed by atoms with E-state index >= 15 is 0 Å². The molecule has 0 atom stereocenters. The summed E-state index contributed by atoms with van der Waals surface area (Å²) in [4.78, 5) is 4.50. The predicted octanol–water partition coefficient (Wildman–Crippen LogP) is 3.23. The highest BCUT2D eigenvalue weighted by Gasteiger charge is 2.08. The Morgan fingerprint density at radius 3 is 3.10 bits per heavy atom. The molecule has 0 saturated carbocycles. The maximum absolute atomic E-state index is 8.58. The van der Waals surface area contributed by atoms with Gasteiger partial charge in [-0.2, -0.15) is 5.26 Å². The average Bonchev–Trinajstić information content (AvgIpc) is 2.83. The summed E-state index contributed by atoms with van der Waals surface area (Å²) in [6.45, 7) is 5.03. The van der Waals surface area contributed by atoms with Gasteiger partial charge in [0.2, 0.25) is 0 Å². The average molecular weight is 270 g/mol. The van der Waals surface area contributed by atoms with Crippen LogP contribution in [-0.4, -0.2) is 16.1 Å². The Labute approximate surface area is 120 Å². The lowest BCUT2D eigenvalue weighted by Gasteiger charge is -2.02.